The van der Waals surface area contributed by atoms with Gasteiger partial charge in [-0.05, 0) is 42.4 Å². The highest BCUT2D eigenvalue weighted by Gasteiger charge is 2.11. The highest BCUT2D eigenvalue weighted by molar-refractivity contribution is 7.99. The first-order valence-electron chi connectivity index (χ1n) is 5.76. The smallest absolute Gasteiger partial charge is 0.172 e. The fourth-order valence-corrected chi connectivity index (χ4v) is 2.73. The van der Waals surface area contributed by atoms with Gasteiger partial charge in [-0.1, -0.05) is 12.1 Å². The van der Waals surface area contributed by atoms with Crippen LogP contribution in [0, 0.1) is 18.3 Å². The van der Waals surface area contributed by atoms with E-state index in [1.165, 1.54) is 11.8 Å². The molecule has 2 heterocycles. The second-order valence-electron chi connectivity index (χ2n) is 4.08. The molecule has 1 N–H and O–H groups in total. The molecule has 3 aromatic rings. The van der Waals surface area contributed by atoms with Gasteiger partial charge in [-0.2, -0.15) is 5.26 Å². The number of nitrogens with one attached hydrogen (secondary N) is 1. The monoisotopic (exact) mass is 266 g/mol. The first-order valence-corrected chi connectivity index (χ1v) is 6.58. The van der Waals surface area contributed by atoms with Crippen LogP contribution in [0.25, 0.3) is 11.0 Å². The van der Waals surface area contributed by atoms with E-state index in [9.17, 15) is 5.26 Å². The van der Waals surface area contributed by atoms with Crippen molar-refractivity contribution in [2.75, 3.05) is 0 Å². The van der Waals surface area contributed by atoms with Gasteiger partial charge in [0.1, 0.15) is 11.1 Å². The van der Waals surface area contributed by atoms with E-state index >= 15 is 0 Å². The Labute approximate surface area is 114 Å². The summed E-state index contributed by atoms with van der Waals surface area (Å²) in [6.07, 6.45) is 1.71. The number of aromatic nitrogens is 3. The maximum Gasteiger partial charge on any atom is 0.172 e. The molecule has 2 aromatic heterocycles. The van der Waals surface area contributed by atoms with Gasteiger partial charge in [-0.25, -0.2) is 9.97 Å². The summed E-state index contributed by atoms with van der Waals surface area (Å²) in [6, 6.07) is 11.9. The van der Waals surface area contributed by atoms with Gasteiger partial charge in [0.2, 0.25) is 0 Å². The normalized spacial score (nSPS) is 10.5. The molecule has 0 atom stereocenters. The molecule has 0 spiro atoms. The average molecular weight is 266 g/mol. The number of hydrogen-bond acceptors (Lipinski definition) is 4. The zero-order valence-corrected chi connectivity index (χ0v) is 11.0. The summed E-state index contributed by atoms with van der Waals surface area (Å²) in [5.74, 6) is 0. The summed E-state index contributed by atoms with van der Waals surface area (Å²) in [7, 11) is 0. The summed E-state index contributed by atoms with van der Waals surface area (Å²) in [5.41, 5.74) is 3.43. The molecule has 0 fully saturated rings. The molecular weight excluding hydrogens is 256 g/mol. The number of nitrogens with zero attached hydrogens (tertiary/aromatic N) is 3. The minimum atomic E-state index is 0.605. The van der Waals surface area contributed by atoms with E-state index in [4.69, 9.17) is 0 Å². The van der Waals surface area contributed by atoms with Crippen molar-refractivity contribution in [3.63, 3.8) is 0 Å². The van der Waals surface area contributed by atoms with Crippen LogP contribution in [0.3, 0.4) is 0 Å². The topological polar surface area (TPSA) is 65.4 Å². The van der Waals surface area contributed by atoms with E-state index < -0.39 is 0 Å². The Morgan fingerprint density at radius 3 is 2.89 bits per heavy atom. The number of aryl methyl sites for hydroxylation is 1. The van der Waals surface area contributed by atoms with E-state index in [1.54, 1.807) is 6.20 Å². The maximum absolute atomic E-state index is 9.18. The number of nitriles is 1. The molecule has 0 saturated carbocycles. The Hall–Kier alpha value is -2.32. The third-order valence-corrected chi connectivity index (χ3v) is 3.69. The van der Waals surface area contributed by atoms with Crippen LogP contribution >= 0.6 is 11.8 Å². The molecule has 0 aliphatic rings. The fourth-order valence-electron chi connectivity index (χ4n) is 1.82. The molecule has 0 amide bonds. The van der Waals surface area contributed by atoms with Gasteiger partial charge in [-0.15, -0.1) is 0 Å². The lowest BCUT2D eigenvalue weighted by Gasteiger charge is -2.02. The number of hydrogen-bond donors (Lipinski definition) is 1. The van der Waals surface area contributed by atoms with Crippen molar-refractivity contribution in [2.24, 2.45) is 0 Å². The van der Waals surface area contributed by atoms with Crippen LogP contribution in [0.4, 0.5) is 0 Å². The summed E-state index contributed by atoms with van der Waals surface area (Å²) >= 11 is 1.38. The minimum Gasteiger partial charge on any atom is -0.333 e. The van der Waals surface area contributed by atoms with Crippen molar-refractivity contribution in [3.8, 4) is 6.07 Å². The lowest BCUT2D eigenvalue weighted by atomic mass is 10.2. The molecule has 0 aliphatic heterocycles. The molecule has 0 bridgehead atoms. The first kappa shape index (κ1) is 11.8. The number of benzene rings is 1. The van der Waals surface area contributed by atoms with Gasteiger partial charge in [0.05, 0.1) is 16.6 Å². The standard InChI is InChI=1S/C14H10N4S/c1-9-6-7-16-13(10(9)8-15)19-14-17-11-4-2-3-5-12(11)18-14/h2-7H,1H3,(H,17,18). The Kier molecular flexibility index (Phi) is 2.94. The fraction of sp³-hybridized carbons (Fsp3) is 0.0714. The first-order chi connectivity index (χ1) is 9.28. The average Bonchev–Trinajstić information content (AvgIpc) is 2.81. The number of aromatic amines is 1. The van der Waals surface area contributed by atoms with E-state index in [2.05, 4.69) is 21.0 Å². The van der Waals surface area contributed by atoms with Gasteiger partial charge in [0.15, 0.2) is 5.16 Å². The highest BCUT2D eigenvalue weighted by Crippen LogP contribution is 2.29. The number of H-pyrrole nitrogens is 1. The molecule has 92 valence electrons. The number of imidazole rings is 1. The van der Waals surface area contributed by atoms with E-state index in [0.717, 1.165) is 21.8 Å². The van der Waals surface area contributed by atoms with Gasteiger partial charge in [-0.3, -0.25) is 0 Å². The van der Waals surface area contributed by atoms with Crippen LogP contribution in [0.15, 0.2) is 46.7 Å². The van der Waals surface area contributed by atoms with Crippen LogP contribution in [-0.4, -0.2) is 15.0 Å². The zero-order valence-electron chi connectivity index (χ0n) is 10.2. The molecule has 0 aliphatic carbocycles. The van der Waals surface area contributed by atoms with Crippen LogP contribution in [-0.2, 0) is 0 Å². The lowest BCUT2D eigenvalue weighted by Crippen LogP contribution is -1.90. The number of rotatable bonds is 2. The number of fused-ring (bicyclic) bond motifs is 1. The predicted octanol–water partition coefficient (Wildman–Crippen LogP) is 3.29. The van der Waals surface area contributed by atoms with Gasteiger partial charge in [0.25, 0.3) is 0 Å². The predicted molar refractivity (Wildman–Crippen MR) is 73.9 cm³/mol. The van der Waals surface area contributed by atoms with Crippen molar-refractivity contribution < 1.29 is 0 Å². The van der Waals surface area contributed by atoms with Crippen molar-refractivity contribution >= 4 is 22.8 Å². The van der Waals surface area contributed by atoms with Crippen molar-refractivity contribution in [1.82, 2.24) is 15.0 Å². The summed E-state index contributed by atoms with van der Waals surface area (Å²) in [4.78, 5) is 11.9. The Morgan fingerprint density at radius 1 is 1.26 bits per heavy atom. The molecule has 1 aromatic carbocycles. The quantitative estimate of drug-likeness (QED) is 0.773. The molecule has 3 rings (SSSR count). The van der Waals surface area contributed by atoms with Crippen molar-refractivity contribution in [1.29, 1.82) is 5.26 Å². The number of pyridine rings is 1. The number of para-hydroxylation sites is 2. The SMILES string of the molecule is Cc1ccnc(Sc2nc3ccccc3[nH]2)c1C#N. The zero-order chi connectivity index (χ0) is 13.2. The Balaban J connectivity index is 2.02. The van der Waals surface area contributed by atoms with Crippen molar-refractivity contribution in [2.45, 2.75) is 17.1 Å². The molecule has 5 heteroatoms. The summed E-state index contributed by atoms with van der Waals surface area (Å²) in [5, 5.41) is 10.6. The summed E-state index contributed by atoms with van der Waals surface area (Å²) in [6.45, 7) is 1.91. The third-order valence-electron chi connectivity index (χ3n) is 2.80. The third kappa shape index (κ3) is 2.18. The van der Waals surface area contributed by atoms with Gasteiger partial charge < -0.3 is 4.98 Å². The largest absolute Gasteiger partial charge is 0.333 e. The van der Waals surface area contributed by atoms with Gasteiger partial charge >= 0.3 is 0 Å². The second-order valence-corrected chi connectivity index (χ2v) is 5.06. The van der Waals surface area contributed by atoms with E-state index in [1.807, 2.05) is 37.3 Å². The highest BCUT2D eigenvalue weighted by atomic mass is 32.2. The molecule has 0 radical (unpaired) electrons. The van der Waals surface area contributed by atoms with Crippen LogP contribution < -0.4 is 0 Å². The molecule has 4 nitrogen and oxygen atoms in total. The molecule has 0 unspecified atom stereocenters. The van der Waals surface area contributed by atoms with Crippen LogP contribution in [0.2, 0.25) is 0 Å². The maximum atomic E-state index is 9.18. The van der Waals surface area contributed by atoms with E-state index in [0.29, 0.717) is 10.6 Å². The minimum absolute atomic E-state index is 0.605. The molecular formula is C14H10N4S. The van der Waals surface area contributed by atoms with E-state index in [-0.39, 0.29) is 0 Å². The molecule has 19 heavy (non-hydrogen) atoms. The Bertz CT molecular complexity index is 752. The van der Waals surface area contributed by atoms with Crippen molar-refractivity contribution in [3.05, 3.63) is 47.7 Å². The van der Waals surface area contributed by atoms with Gasteiger partial charge in [0, 0.05) is 6.20 Å². The lowest BCUT2D eigenvalue weighted by molar-refractivity contribution is 1.04. The Morgan fingerprint density at radius 2 is 2.11 bits per heavy atom. The van der Waals surface area contributed by atoms with Crippen LogP contribution in [0.5, 0.6) is 0 Å². The summed E-state index contributed by atoms with van der Waals surface area (Å²) < 4.78 is 0. The second kappa shape index (κ2) is 4.75. The van der Waals surface area contributed by atoms with Crippen LogP contribution in [0.1, 0.15) is 11.1 Å². The molecule has 0 saturated heterocycles.